The van der Waals surface area contributed by atoms with E-state index >= 15 is 0 Å². The van der Waals surface area contributed by atoms with Gasteiger partial charge in [0.25, 0.3) is 0 Å². The van der Waals surface area contributed by atoms with Gasteiger partial charge in [-0.2, -0.15) is 0 Å². The summed E-state index contributed by atoms with van der Waals surface area (Å²) < 4.78 is 5.21. The summed E-state index contributed by atoms with van der Waals surface area (Å²) in [5.74, 6) is 1.38. The molecule has 1 aliphatic heterocycles. The van der Waals surface area contributed by atoms with E-state index in [1.165, 1.54) is 24.0 Å². The zero-order valence-corrected chi connectivity index (χ0v) is 11.7. The van der Waals surface area contributed by atoms with Crippen LogP contribution in [-0.4, -0.2) is 23.6 Å². The van der Waals surface area contributed by atoms with E-state index in [0.717, 1.165) is 30.0 Å². The van der Waals surface area contributed by atoms with Crippen molar-refractivity contribution in [1.82, 2.24) is 9.97 Å². The van der Waals surface area contributed by atoms with E-state index in [1.54, 1.807) is 7.11 Å². The van der Waals surface area contributed by atoms with E-state index in [2.05, 4.69) is 38.8 Å². The van der Waals surface area contributed by atoms with Crippen molar-refractivity contribution in [3.8, 4) is 5.88 Å². The molecule has 1 aliphatic rings. The highest BCUT2D eigenvalue weighted by atomic mass is 16.5. The lowest BCUT2D eigenvalue weighted by molar-refractivity contribution is 0.394. The van der Waals surface area contributed by atoms with Gasteiger partial charge in [0.2, 0.25) is 5.88 Å². The Morgan fingerprint density at radius 2 is 2.20 bits per heavy atom. The van der Waals surface area contributed by atoms with Gasteiger partial charge in [-0.3, -0.25) is 0 Å². The molecule has 0 aliphatic carbocycles. The smallest absolute Gasteiger partial charge is 0.221 e. The Hall–Kier alpha value is -2.30. The Morgan fingerprint density at radius 3 is 3.05 bits per heavy atom. The van der Waals surface area contributed by atoms with E-state index in [4.69, 9.17) is 4.74 Å². The minimum atomic E-state index is 0.599. The molecule has 0 saturated heterocycles. The molecule has 5 heteroatoms. The summed E-state index contributed by atoms with van der Waals surface area (Å²) in [6, 6.07) is 6.35. The molecule has 0 radical (unpaired) electrons. The number of benzene rings is 1. The van der Waals surface area contributed by atoms with Crippen LogP contribution >= 0.6 is 0 Å². The lowest BCUT2D eigenvalue weighted by Crippen LogP contribution is -2.11. The van der Waals surface area contributed by atoms with Gasteiger partial charge in [-0.1, -0.05) is 0 Å². The molecule has 1 aromatic carbocycles. The highest BCUT2D eigenvalue weighted by Crippen LogP contribution is 2.28. The lowest BCUT2D eigenvalue weighted by Gasteiger charge is -2.19. The number of aryl methyl sites for hydroxylation is 1. The Labute approximate surface area is 118 Å². The summed E-state index contributed by atoms with van der Waals surface area (Å²) >= 11 is 0. The minimum absolute atomic E-state index is 0.599. The average molecular weight is 270 g/mol. The van der Waals surface area contributed by atoms with Gasteiger partial charge in [0.1, 0.15) is 12.1 Å². The molecule has 2 N–H and O–H groups in total. The molecule has 0 bridgehead atoms. The fraction of sp³-hybridized carbons (Fsp3) is 0.333. The summed E-state index contributed by atoms with van der Waals surface area (Å²) in [5, 5.41) is 6.75. The first-order valence-corrected chi connectivity index (χ1v) is 6.77. The number of nitrogens with one attached hydrogen (secondary N) is 2. The molecule has 0 saturated carbocycles. The van der Waals surface area contributed by atoms with E-state index in [0.29, 0.717) is 5.88 Å². The molecule has 2 aromatic rings. The van der Waals surface area contributed by atoms with Crippen LogP contribution in [0.15, 0.2) is 24.5 Å². The van der Waals surface area contributed by atoms with Crippen LogP contribution in [0.1, 0.15) is 17.5 Å². The Bertz CT molecular complexity index is 627. The molecule has 2 heterocycles. The number of hydrogen-bond donors (Lipinski definition) is 2. The van der Waals surface area contributed by atoms with Crippen molar-refractivity contribution >= 4 is 17.2 Å². The zero-order chi connectivity index (χ0) is 13.9. The van der Waals surface area contributed by atoms with Crippen LogP contribution in [0.2, 0.25) is 0 Å². The van der Waals surface area contributed by atoms with Crippen LogP contribution in [0.25, 0.3) is 0 Å². The monoisotopic (exact) mass is 270 g/mol. The van der Waals surface area contributed by atoms with Gasteiger partial charge in [0.05, 0.1) is 12.7 Å². The maximum atomic E-state index is 5.21. The predicted octanol–water partition coefficient (Wildman–Crippen LogP) is 2.90. The minimum Gasteiger partial charge on any atom is -0.481 e. The summed E-state index contributed by atoms with van der Waals surface area (Å²) in [5.41, 5.74) is 4.53. The van der Waals surface area contributed by atoms with Crippen LogP contribution in [0.5, 0.6) is 5.88 Å². The maximum absolute atomic E-state index is 5.21. The van der Waals surface area contributed by atoms with E-state index < -0.39 is 0 Å². The fourth-order valence-electron chi connectivity index (χ4n) is 2.46. The van der Waals surface area contributed by atoms with E-state index in [-0.39, 0.29) is 0 Å². The predicted molar refractivity (Wildman–Crippen MR) is 79.9 cm³/mol. The van der Waals surface area contributed by atoms with Gasteiger partial charge >= 0.3 is 0 Å². The first kappa shape index (κ1) is 12.7. The van der Waals surface area contributed by atoms with Crippen molar-refractivity contribution in [2.24, 2.45) is 0 Å². The van der Waals surface area contributed by atoms with Crippen LogP contribution in [0.3, 0.4) is 0 Å². The second-order valence-corrected chi connectivity index (χ2v) is 4.88. The van der Waals surface area contributed by atoms with E-state index in [9.17, 15) is 0 Å². The average Bonchev–Trinajstić information content (AvgIpc) is 2.49. The number of nitrogens with zero attached hydrogens (tertiary/aromatic N) is 2. The Balaban J connectivity index is 1.88. The van der Waals surface area contributed by atoms with Crippen molar-refractivity contribution in [1.29, 1.82) is 0 Å². The molecular weight excluding hydrogens is 252 g/mol. The SMILES string of the molecule is COc1ncnc(Nc2ccc3c(c2)CCCN3)c1C. The van der Waals surface area contributed by atoms with Gasteiger partial charge in [-0.15, -0.1) is 0 Å². The van der Waals surface area contributed by atoms with Crippen molar-refractivity contribution in [2.75, 3.05) is 24.3 Å². The molecule has 0 atom stereocenters. The first-order chi connectivity index (χ1) is 9.78. The van der Waals surface area contributed by atoms with E-state index in [1.807, 2.05) is 6.92 Å². The number of aromatic nitrogens is 2. The molecule has 0 fully saturated rings. The van der Waals surface area contributed by atoms with Crippen LogP contribution in [-0.2, 0) is 6.42 Å². The normalized spacial score (nSPS) is 13.3. The number of anilines is 3. The highest BCUT2D eigenvalue weighted by molar-refractivity contribution is 5.66. The lowest BCUT2D eigenvalue weighted by atomic mass is 10.0. The molecule has 1 aromatic heterocycles. The zero-order valence-electron chi connectivity index (χ0n) is 11.7. The van der Waals surface area contributed by atoms with Crippen LogP contribution in [0.4, 0.5) is 17.2 Å². The maximum Gasteiger partial charge on any atom is 0.221 e. The summed E-state index contributed by atoms with van der Waals surface area (Å²) in [6.45, 7) is 3.00. The van der Waals surface area contributed by atoms with Crippen molar-refractivity contribution < 1.29 is 4.74 Å². The third-order valence-corrected chi connectivity index (χ3v) is 3.54. The first-order valence-electron chi connectivity index (χ1n) is 6.77. The third-order valence-electron chi connectivity index (χ3n) is 3.54. The van der Waals surface area contributed by atoms with Crippen molar-refractivity contribution in [3.63, 3.8) is 0 Å². The topological polar surface area (TPSA) is 59.1 Å². The number of ether oxygens (including phenoxy) is 1. The Kier molecular flexibility index (Phi) is 3.41. The molecule has 0 amide bonds. The van der Waals surface area contributed by atoms with Gasteiger partial charge < -0.3 is 15.4 Å². The largest absolute Gasteiger partial charge is 0.481 e. The Morgan fingerprint density at radius 1 is 1.30 bits per heavy atom. The third kappa shape index (κ3) is 2.39. The van der Waals surface area contributed by atoms with Gasteiger partial charge in [0, 0.05) is 17.9 Å². The molecule has 3 rings (SSSR count). The number of rotatable bonds is 3. The summed E-state index contributed by atoms with van der Waals surface area (Å²) in [6.07, 6.45) is 3.80. The van der Waals surface area contributed by atoms with Gasteiger partial charge in [-0.25, -0.2) is 9.97 Å². The number of methoxy groups -OCH3 is 1. The quantitative estimate of drug-likeness (QED) is 0.898. The standard InChI is InChI=1S/C15H18N4O/c1-10-14(17-9-18-15(10)20-2)19-12-5-6-13-11(8-12)4-3-7-16-13/h5-6,8-9,16H,3-4,7H2,1-2H3,(H,17,18,19). The molecule has 0 unspecified atom stereocenters. The second kappa shape index (κ2) is 5.36. The van der Waals surface area contributed by atoms with Gasteiger partial charge in [-0.05, 0) is 43.5 Å². The highest BCUT2D eigenvalue weighted by Gasteiger charge is 2.11. The van der Waals surface area contributed by atoms with Crippen LogP contribution < -0.4 is 15.4 Å². The number of fused-ring (bicyclic) bond motifs is 1. The number of hydrogen-bond acceptors (Lipinski definition) is 5. The second-order valence-electron chi connectivity index (χ2n) is 4.88. The summed E-state index contributed by atoms with van der Waals surface area (Å²) in [4.78, 5) is 8.36. The van der Waals surface area contributed by atoms with Crippen LogP contribution in [0, 0.1) is 6.92 Å². The van der Waals surface area contributed by atoms with Gasteiger partial charge in [0.15, 0.2) is 0 Å². The molecular formula is C15H18N4O. The molecule has 20 heavy (non-hydrogen) atoms. The fourth-order valence-corrected chi connectivity index (χ4v) is 2.46. The molecule has 5 nitrogen and oxygen atoms in total. The molecule has 0 spiro atoms. The van der Waals surface area contributed by atoms with Crippen molar-refractivity contribution in [3.05, 3.63) is 35.7 Å². The molecule has 104 valence electrons. The van der Waals surface area contributed by atoms with Crippen molar-refractivity contribution in [2.45, 2.75) is 19.8 Å². The summed E-state index contributed by atoms with van der Waals surface area (Å²) in [7, 11) is 1.61.